The summed E-state index contributed by atoms with van der Waals surface area (Å²) in [5, 5.41) is 33.7. The van der Waals surface area contributed by atoms with E-state index >= 15 is 0 Å². The lowest BCUT2D eigenvalue weighted by molar-refractivity contribution is -0.121. The van der Waals surface area contributed by atoms with Crippen LogP contribution in [0.25, 0.3) is 5.69 Å². The highest BCUT2D eigenvalue weighted by Gasteiger charge is 2.30. The highest BCUT2D eigenvalue weighted by Crippen LogP contribution is 2.34. The smallest absolute Gasteiger partial charge is 0.251 e. The first-order valence-corrected chi connectivity index (χ1v) is 13.1. The Labute approximate surface area is 240 Å². The number of hydrogen-bond acceptors (Lipinski definition) is 8. The van der Waals surface area contributed by atoms with Crippen molar-refractivity contribution in [2.24, 2.45) is 4.99 Å². The molecule has 0 radical (unpaired) electrons. The van der Waals surface area contributed by atoms with Gasteiger partial charge < -0.3 is 25.6 Å². The van der Waals surface area contributed by atoms with Gasteiger partial charge in [0.1, 0.15) is 17.6 Å². The minimum absolute atomic E-state index is 0.0138. The number of carbonyl (C=O) groups excluding carboxylic acids is 2. The second-order valence-electron chi connectivity index (χ2n) is 9.34. The molecule has 1 aliphatic rings. The molecular formula is C29H27ClN6O5. The fourth-order valence-electron chi connectivity index (χ4n) is 4.57. The number of fused-ring (bicyclic) bond motifs is 3. The zero-order valence-electron chi connectivity index (χ0n) is 22.3. The fourth-order valence-corrected chi connectivity index (χ4v) is 4.70. The van der Waals surface area contributed by atoms with Gasteiger partial charge in [-0.3, -0.25) is 19.1 Å². The van der Waals surface area contributed by atoms with E-state index in [-0.39, 0.29) is 36.7 Å². The quantitative estimate of drug-likeness (QED) is 0.186. The molecule has 0 fully saturated rings. The van der Waals surface area contributed by atoms with Gasteiger partial charge in [-0.15, -0.1) is 10.2 Å². The molecule has 2 amide bonds. The summed E-state index contributed by atoms with van der Waals surface area (Å²) in [4.78, 5) is 30.4. The Bertz CT molecular complexity index is 1650. The third-order valence-electron chi connectivity index (χ3n) is 6.60. The molecule has 1 atom stereocenters. The summed E-state index contributed by atoms with van der Waals surface area (Å²) in [7, 11) is 1.59. The molecule has 1 aliphatic heterocycles. The molecule has 0 unspecified atom stereocenters. The maximum absolute atomic E-state index is 13.0. The van der Waals surface area contributed by atoms with Gasteiger partial charge in [0.15, 0.2) is 17.3 Å². The van der Waals surface area contributed by atoms with E-state index in [1.54, 1.807) is 19.2 Å². The number of aryl methyl sites for hydroxylation is 1. The molecule has 4 aromatic rings. The Kier molecular flexibility index (Phi) is 7.88. The molecule has 210 valence electrons. The number of carbonyl (C=O) groups is 2. The molecule has 0 saturated heterocycles. The largest absolute Gasteiger partial charge is 0.504 e. The molecule has 4 N–H and O–H groups in total. The molecule has 0 saturated carbocycles. The Morgan fingerprint density at radius 1 is 0.976 bits per heavy atom. The van der Waals surface area contributed by atoms with Crippen molar-refractivity contribution in [3.05, 3.63) is 94.0 Å². The fraction of sp³-hybridized carbons (Fsp3) is 0.207. The van der Waals surface area contributed by atoms with Gasteiger partial charge in [-0.05, 0) is 55.5 Å². The highest BCUT2D eigenvalue weighted by atomic mass is 35.5. The Morgan fingerprint density at radius 2 is 1.73 bits per heavy atom. The van der Waals surface area contributed by atoms with Crippen molar-refractivity contribution in [2.75, 3.05) is 20.2 Å². The number of phenolic OH excluding ortho intramolecular Hbond substituents is 2. The number of hydrogen-bond donors (Lipinski definition) is 4. The van der Waals surface area contributed by atoms with E-state index in [9.17, 15) is 19.8 Å². The number of amides is 2. The summed E-state index contributed by atoms with van der Waals surface area (Å²) < 4.78 is 7.39. The molecule has 12 heteroatoms. The predicted octanol–water partition coefficient (Wildman–Crippen LogP) is 3.48. The van der Waals surface area contributed by atoms with Gasteiger partial charge in [-0.1, -0.05) is 23.7 Å². The number of aromatic hydroxyl groups is 2. The van der Waals surface area contributed by atoms with Crippen molar-refractivity contribution >= 4 is 29.1 Å². The first-order valence-electron chi connectivity index (χ1n) is 12.8. The molecule has 2 heterocycles. The number of aliphatic imine (C=N–C) groups is 1. The minimum atomic E-state index is -0.658. The molecular weight excluding hydrogens is 548 g/mol. The Balaban J connectivity index is 1.36. The summed E-state index contributed by atoms with van der Waals surface area (Å²) in [5.74, 6) is 0.368. The molecule has 11 nitrogen and oxygen atoms in total. The van der Waals surface area contributed by atoms with Crippen LogP contribution >= 0.6 is 11.6 Å². The maximum atomic E-state index is 13.0. The summed E-state index contributed by atoms with van der Waals surface area (Å²) in [6, 6.07) is 16.1. The van der Waals surface area contributed by atoms with Crippen molar-refractivity contribution in [1.29, 1.82) is 0 Å². The predicted molar refractivity (Wildman–Crippen MR) is 152 cm³/mol. The van der Waals surface area contributed by atoms with Crippen LogP contribution in [0, 0.1) is 6.92 Å². The molecule has 0 bridgehead atoms. The van der Waals surface area contributed by atoms with Gasteiger partial charge in [-0.2, -0.15) is 0 Å². The second kappa shape index (κ2) is 11.7. The van der Waals surface area contributed by atoms with Crippen LogP contribution in [0.15, 0.2) is 65.7 Å². The number of benzene rings is 3. The maximum Gasteiger partial charge on any atom is 0.251 e. The lowest BCUT2D eigenvalue weighted by Crippen LogP contribution is -2.35. The normalized spacial score (nSPS) is 13.8. The van der Waals surface area contributed by atoms with Crippen LogP contribution < -0.4 is 15.4 Å². The standard InChI is InChI=1S/C29H27ClN6O5/c1-16-34-35-28-22(15-26(39)31-11-12-32-29(40)18-5-10-24(37)25(38)13-18)33-27(17-3-6-19(30)7-4-17)21-14-20(41-2)8-9-23(21)36(16)28/h3-10,13-14,22,37-38H,11-12,15H2,1-2H3,(H,31,39)(H,32,40)/t22-/m0/s1. The number of rotatable bonds is 8. The van der Waals surface area contributed by atoms with E-state index in [2.05, 4.69) is 20.8 Å². The number of nitrogens with one attached hydrogen (secondary N) is 2. The van der Waals surface area contributed by atoms with Crippen molar-refractivity contribution in [3.8, 4) is 22.9 Å². The van der Waals surface area contributed by atoms with E-state index in [0.29, 0.717) is 28.1 Å². The summed E-state index contributed by atoms with van der Waals surface area (Å²) in [6.45, 7) is 2.15. The first-order chi connectivity index (χ1) is 19.7. The van der Waals surface area contributed by atoms with Crippen molar-refractivity contribution in [1.82, 2.24) is 25.4 Å². The number of aromatic nitrogens is 3. The number of ether oxygens (including phenoxy) is 1. The Hall–Kier alpha value is -4.90. The third kappa shape index (κ3) is 5.85. The summed E-state index contributed by atoms with van der Waals surface area (Å²) >= 11 is 6.15. The number of nitrogens with zero attached hydrogens (tertiary/aromatic N) is 4. The molecule has 5 rings (SSSR count). The van der Waals surface area contributed by atoms with Crippen molar-refractivity contribution < 1.29 is 24.5 Å². The average molecular weight is 575 g/mol. The van der Waals surface area contributed by atoms with E-state index in [0.717, 1.165) is 22.9 Å². The van der Waals surface area contributed by atoms with Gasteiger partial charge in [-0.25, -0.2) is 0 Å². The third-order valence-corrected chi connectivity index (χ3v) is 6.85. The summed E-state index contributed by atoms with van der Waals surface area (Å²) in [5.41, 5.74) is 3.25. The first kappa shape index (κ1) is 27.7. The molecule has 41 heavy (non-hydrogen) atoms. The van der Waals surface area contributed by atoms with Crippen LogP contribution in [0.1, 0.15) is 45.6 Å². The zero-order valence-corrected chi connectivity index (χ0v) is 23.0. The van der Waals surface area contributed by atoms with E-state index in [4.69, 9.17) is 21.3 Å². The molecule has 3 aromatic carbocycles. The number of halogens is 1. The lowest BCUT2D eigenvalue weighted by Gasteiger charge is -2.14. The van der Waals surface area contributed by atoms with Crippen LogP contribution in [0.2, 0.25) is 5.02 Å². The minimum Gasteiger partial charge on any atom is -0.504 e. The van der Waals surface area contributed by atoms with Gasteiger partial charge >= 0.3 is 0 Å². The highest BCUT2D eigenvalue weighted by molar-refractivity contribution is 6.30. The Morgan fingerprint density at radius 3 is 2.46 bits per heavy atom. The average Bonchev–Trinajstić information content (AvgIpc) is 3.29. The van der Waals surface area contributed by atoms with Gasteiger partial charge in [0, 0.05) is 34.8 Å². The number of methoxy groups -OCH3 is 1. The van der Waals surface area contributed by atoms with Gasteiger partial charge in [0.2, 0.25) is 5.91 Å². The van der Waals surface area contributed by atoms with Gasteiger partial charge in [0.25, 0.3) is 5.91 Å². The van der Waals surface area contributed by atoms with E-state index in [1.165, 1.54) is 12.1 Å². The van der Waals surface area contributed by atoms with Crippen LogP contribution in [-0.4, -0.2) is 62.7 Å². The molecule has 0 spiro atoms. The van der Waals surface area contributed by atoms with Crippen molar-refractivity contribution in [2.45, 2.75) is 19.4 Å². The topological polar surface area (TPSA) is 151 Å². The zero-order chi connectivity index (χ0) is 29.1. The monoisotopic (exact) mass is 574 g/mol. The molecule has 1 aromatic heterocycles. The SMILES string of the molecule is COc1ccc2c(c1)C(c1ccc(Cl)cc1)=N[C@@H](CC(=O)NCCNC(=O)c1ccc(O)c(O)c1)c1nnc(C)n1-2. The van der Waals surface area contributed by atoms with Gasteiger partial charge in [0.05, 0.1) is 24.9 Å². The van der Waals surface area contributed by atoms with E-state index in [1.807, 2.05) is 41.8 Å². The second-order valence-corrected chi connectivity index (χ2v) is 9.77. The van der Waals surface area contributed by atoms with Crippen LogP contribution in [0.3, 0.4) is 0 Å². The number of phenols is 2. The van der Waals surface area contributed by atoms with E-state index < -0.39 is 17.7 Å². The van der Waals surface area contributed by atoms with Crippen LogP contribution in [0.5, 0.6) is 17.2 Å². The summed E-state index contributed by atoms with van der Waals surface area (Å²) in [6.07, 6.45) is -0.0138. The van der Waals surface area contributed by atoms with Crippen LogP contribution in [-0.2, 0) is 4.79 Å². The molecule has 0 aliphatic carbocycles. The lowest BCUT2D eigenvalue weighted by atomic mass is 10.00. The van der Waals surface area contributed by atoms with Crippen molar-refractivity contribution in [3.63, 3.8) is 0 Å². The van der Waals surface area contributed by atoms with Crippen LogP contribution in [0.4, 0.5) is 0 Å².